The summed E-state index contributed by atoms with van der Waals surface area (Å²) in [5, 5.41) is 2.90. The third-order valence-electron chi connectivity index (χ3n) is 4.27. The summed E-state index contributed by atoms with van der Waals surface area (Å²) in [6.07, 6.45) is 2.27. The summed E-state index contributed by atoms with van der Waals surface area (Å²) in [4.78, 5) is 12.9. The maximum absolute atomic E-state index is 12.9. The molecular formula is C20H26N2O3S. The second-order valence-corrected chi connectivity index (χ2v) is 8.18. The molecule has 5 nitrogen and oxygen atoms in total. The van der Waals surface area contributed by atoms with Crippen LogP contribution in [-0.4, -0.2) is 26.6 Å². The first-order valence-corrected chi connectivity index (χ1v) is 10.6. The molecule has 0 fully saturated rings. The van der Waals surface area contributed by atoms with Crippen molar-refractivity contribution in [1.82, 2.24) is 0 Å². The van der Waals surface area contributed by atoms with Crippen molar-refractivity contribution in [2.24, 2.45) is 0 Å². The van der Waals surface area contributed by atoms with Gasteiger partial charge in [0.25, 0.3) is 0 Å². The van der Waals surface area contributed by atoms with Crippen molar-refractivity contribution in [3.8, 4) is 0 Å². The second kappa shape index (κ2) is 8.36. The number of nitrogens with zero attached hydrogens (tertiary/aromatic N) is 1. The lowest BCUT2D eigenvalue weighted by molar-refractivity contribution is -0.117. The highest BCUT2D eigenvalue weighted by molar-refractivity contribution is 7.92. The standard InChI is InChI=1S/C20H26N2O3S/c1-5-16-9-7-8-10-18(16)21-20(23)19(6-2)22(26(4,24)25)17-13-11-15(3)12-14-17/h7-14,19H,5-6H2,1-4H3,(H,21,23). The number of aryl methyl sites for hydroxylation is 2. The molecule has 2 aromatic rings. The van der Waals surface area contributed by atoms with E-state index < -0.39 is 16.1 Å². The number of benzene rings is 2. The Hall–Kier alpha value is -2.34. The maximum Gasteiger partial charge on any atom is 0.248 e. The van der Waals surface area contributed by atoms with E-state index in [4.69, 9.17) is 0 Å². The third kappa shape index (κ3) is 4.64. The van der Waals surface area contributed by atoms with Gasteiger partial charge >= 0.3 is 0 Å². The van der Waals surface area contributed by atoms with Gasteiger partial charge in [-0.2, -0.15) is 0 Å². The average molecular weight is 375 g/mol. The van der Waals surface area contributed by atoms with Crippen LogP contribution in [0, 0.1) is 6.92 Å². The molecule has 1 amide bonds. The first-order valence-electron chi connectivity index (χ1n) is 8.72. The van der Waals surface area contributed by atoms with Gasteiger partial charge in [-0.25, -0.2) is 8.42 Å². The molecule has 0 aliphatic heterocycles. The Bertz CT molecular complexity index is 861. The molecule has 0 heterocycles. The predicted molar refractivity (Wildman–Crippen MR) is 107 cm³/mol. The summed E-state index contributed by atoms with van der Waals surface area (Å²) >= 11 is 0. The van der Waals surface area contributed by atoms with Crippen LogP contribution in [0.5, 0.6) is 0 Å². The molecule has 0 saturated carbocycles. The first kappa shape index (κ1) is 20.0. The molecule has 0 radical (unpaired) electrons. The number of para-hydroxylation sites is 1. The molecular weight excluding hydrogens is 348 g/mol. The largest absolute Gasteiger partial charge is 0.324 e. The molecule has 26 heavy (non-hydrogen) atoms. The number of sulfonamides is 1. The van der Waals surface area contributed by atoms with Gasteiger partial charge in [0.15, 0.2) is 0 Å². The van der Waals surface area contributed by atoms with Gasteiger partial charge in [0.05, 0.1) is 11.9 Å². The Kier molecular flexibility index (Phi) is 6.42. The van der Waals surface area contributed by atoms with Gasteiger partial charge in [-0.15, -0.1) is 0 Å². The van der Waals surface area contributed by atoms with Gasteiger partial charge < -0.3 is 5.32 Å². The van der Waals surface area contributed by atoms with Crippen molar-refractivity contribution in [3.05, 3.63) is 59.7 Å². The molecule has 1 unspecified atom stereocenters. The molecule has 2 rings (SSSR count). The number of hydrogen-bond donors (Lipinski definition) is 1. The minimum absolute atomic E-state index is 0.334. The fraction of sp³-hybridized carbons (Fsp3) is 0.350. The number of carbonyl (C=O) groups excluding carboxylic acids is 1. The lowest BCUT2D eigenvalue weighted by Gasteiger charge is -2.30. The molecule has 0 aliphatic rings. The lowest BCUT2D eigenvalue weighted by Crippen LogP contribution is -2.47. The Morgan fingerprint density at radius 1 is 1.08 bits per heavy atom. The van der Waals surface area contributed by atoms with Crippen LogP contribution < -0.4 is 9.62 Å². The van der Waals surface area contributed by atoms with Gasteiger partial charge in [0.1, 0.15) is 6.04 Å². The van der Waals surface area contributed by atoms with Gasteiger partial charge in [-0.3, -0.25) is 9.10 Å². The molecule has 2 aromatic carbocycles. The number of nitrogens with one attached hydrogen (secondary N) is 1. The van der Waals surface area contributed by atoms with E-state index in [0.717, 1.165) is 29.5 Å². The Morgan fingerprint density at radius 2 is 1.69 bits per heavy atom. The number of anilines is 2. The normalized spacial score (nSPS) is 12.5. The zero-order valence-corrected chi connectivity index (χ0v) is 16.5. The van der Waals surface area contributed by atoms with E-state index in [0.29, 0.717) is 12.1 Å². The van der Waals surface area contributed by atoms with Crippen LogP contribution in [0.1, 0.15) is 31.4 Å². The smallest absolute Gasteiger partial charge is 0.248 e. The third-order valence-corrected chi connectivity index (χ3v) is 5.45. The van der Waals surface area contributed by atoms with Crippen molar-refractivity contribution in [3.63, 3.8) is 0 Å². The van der Waals surface area contributed by atoms with Crippen LogP contribution in [0.2, 0.25) is 0 Å². The van der Waals surface area contributed by atoms with E-state index in [1.807, 2.05) is 57.2 Å². The molecule has 0 saturated heterocycles. The van der Waals surface area contributed by atoms with E-state index >= 15 is 0 Å². The average Bonchev–Trinajstić information content (AvgIpc) is 2.60. The summed E-state index contributed by atoms with van der Waals surface area (Å²) in [5.41, 5.74) is 3.24. The van der Waals surface area contributed by atoms with Crippen molar-refractivity contribution in [2.75, 3.05) is 15.9 Å². The van der Waals surface area contributed by atoms with Crippen molar-refractivity contribution >= 4 is 27.3 Å². The van der Waals surface area contributed by atoms with Crippen LogP contribution in [-0.2, 0) is 21.2 Å². The van der Waals surface area contributed by atoms with E-state index in [9.17, 15) is 13.2 Å². The summed E-state index contributed by atoms with van der Waals surface area (Å²) in [6.45, 7) is 5.75. The van der Waals surface area contributed by atoms with E-state index in [2.05, 4.69) is 5.32 Å². The monoisotopic (exact) mass is 374 g/mol. The highest BCUT2D eigenvalue weighted by atomic mass is 32.2. The van der Waals surface area contributed by atoms with Gasteiger partial charge in [-0.05, 0) is 43.5 Å². The second-order valence-electron chi connectivity index (χ2n) is 6.32. The minimum atomic E-state index is -3.62. The Morgan fingerprint density at radius 3 is 2.23 bits per heavy atom. The summed E-state index contributed by atoms with van der Waals surface area (Å²) in [6, 6.07) is 13.9. The molecule has 1 N–H and O–H groups in total. The highest BCUT2D eigenvalue weighted by Gasteiger charge is 2.31. The van der Waals surface area contributed by atoms with Crippen molar-refractivity contribution in [2.45, 2.75) is 39.7 Å². The topological polar surface area (TPSA) is 66.5 Å². The Labute approximate surface area is 156 Å². The van der Waals surface area contributed by atoms with Crippen molar-refractivity contribution in [1.29, 1.82) is 0 Å². The van der Waals surface area contributed by atoms with Gasteiger partial charge in [0, 0.05) is 5.69 Å². The van der Waals surface area contributed by atoms with Gasteiger partial charge in [0.2, 0.25) is 15.9 Å². The Balaban J connectivity index is 2.38. The highest BCUT2D eigenvalue weighted by Crippen LogP contribution is 2.24. The van der Waals surface area contributed by atoms with Crippen LogP contribution >= 0.6 is 0 Å². The molecule has 0 spiro atoms. The van der Waals surface area contributed by atoms with Crippen LogP contribution in [0.4, 0.5) is 11.4 Å². The molecule has 6 heteroatoms. The fourth-order valence-electron chi connectivity index (χ4n) is 2.92. The number of amides is 1. The predicted octanol–water partition coefficient (Wildman–Crippen LogP) is 3.74. The van der Waals surface area contributed by atoms with Crippen LogP contribution in [0.15, 0.2) is 48.5 Å². The summed E-state index contributed by atoms with van der Waals surface area (Å²) in [5.74, 6) is -0.334. The van der Waals surface area contributed by atoms with Crippen molar-refractivity contribution < 1.29 is 13.2 Å². The van der Waals surface area contributed by atoms with Crippen LogP contribution in [0.25, 0.3) is 0 Å². The van der Waals surface area contributed by atoms with E-state index in [-0.39, 0.29) is 5.91 Å². The number of carbonyl (C=O) groups is 1. The molecule has 140 valence electrons. The minimum Gasteiger partial charge on any atom is -0.324 e. The number of rotatable bonds is 7. The zero-order chi connectivity index (χ0) is 19.3. The van der Waals surface area contributed by atoms with E-state index in [1.54, 1.807) is 12.1 Å². The molecule has 0 aliphatic carbocycles. The molecule has 0 aromatic heterocycles. The quantitative estimate of drug-likeness (QED) is 0.803. The lowest BCUT2D eigenvalue weighted by atomic mass is 10.1. The van der Waals surface area contributed by atoms with E-state index in [1.165, 1.54) is 4.31 Å². The first-order chi connectivity index (χ1) is 12.3. The fourth-order valence-corrected chi connectivity index (χ4v) is 4.13. The van der Waals surface area contributed by atoms with Gasteiger partial charge in [-0.1, -0.05) is 49.7 Å². The molecule has 1 atom stereocenters. The number of hydrogen-bond acceptors (Lipinski definition) is 3. The van der Waals surface area contributed by atoms with Crippen LogP contribution in [0.3, 0.4) is 0 Å². The zero-order valence-electron chi connectivity index (χ0n) is 15.7. The maximum atomic E-state index is 12.9. The SMILES string of the molecule is CCc1ccccc1NC(=O)C(CC)N(c1ccc(C)cc1)S(C)(=O)=O. The summed E-state index contributed by atoms with van der Waals surface area (Å²) < 4.78 is 26.1. The molecule has 0 bridgehead atoms. The summed E-state index contributed by atoms with van der Waals surface area (Å²) in [7, 11) is -3.62.